The minimum Gasteiger partial charge on any atom is -0.393 e. The molecule has 0 aromatic carbocycles. The molecule has 5 N–H and O–H groups in total. The number of hydrogen-bond donors (Lipinski definition) is 4. The number of aliphatic hydroxyl groups excluding tert-OH is 1. The zero-order valence-electron chi connectivity index (χ0n) is 13.3. The van der Waals surface area contributed by atoms with E-state index >= 15 is 0 Å². The summed E-state index contributed by atoms with van der Waals surface area (Å²) in [4.78, 5) is 20.3. The van der Waals surface area contributed by atoms with Crippen LogP contribution in [0, 0.1) is 0 Å². The lowest BCUT2D eigenvalue weighted by atomic mass is 9.93. The number of rotatable bonds is 5. The Morgan fingerprint density at radius 2 is 1.87 bits per heavy atom. The van der Waals surface area contributed by atoms with Gasteiger partial charge in [-0.2, -0.15) is 4.98 Å². The van der Waals surface area contributed by atoms with Crippen LogP contribution in [0.1, 0.15) is 61.7 Å². The molecule has 1 amide bonds. The van der Waals surface area contributed by atoms with Crippen molar-refractivity contribution in [3.8, 4) is 0 Å². The van der Waals surface area contributed by atoms with E-state index in [2.05, 4.69) is 20.6 Å². The summed E-state index contributed by atoms with van der Waals surface area (Å²) in [5.74, 6) is 0.446. The fourth-order valence-corrected chi connectivity index (χ4v) is 3.14. The molecule has 0 aliphatic heterocycles. The maximum atomic E-state index is 11.6. The maximum Gasteiger partial charge on any atom is 0.254 e. The summed E-state index contributed by atoms with van der Waals surface area (Å²) >= 11 is 0. The van der Waals surface area contributed by atoms with Crippen molar-refractivity contribution in [3.63, 3.8) is 0 Å². The van der Waals surface area contributed by atoms with Crippen molar-refractivity contribution in [2.75, 3.05) is 10.6 Å². The van der Waals surface area contributed by atoms with Crippen molar-refractivity contribution in [3.05, 3.63) is 11.8 Å². The zero-order chi connectivity index (χ0) is 16.2. The van der Waals surface area contributed by atoms with E-state index in [9.17, 15) is 9.90 Å². The lowest BCUT2D eigenvalue weighted by Gasteiger charge is -2.27. The number of nitrogens with two attached hydrogens (primary N) is 1. The van der Waals surface area contributed by atoms with E-state index in [1.54, 1.807) is 0 Å². The standard InChI is InChI=1S/C16H25N5O2/c17-14(23)13-9-18-16(20-10-5-3-6-10)21-15(13)19-11-4-1-2-7-12(22)8-11/h9-12,22H,1-8H2,(H2,17,23)(H2,18,19,20,21)/t11-,12+/m1/s1. The van der Waals surface area contributed by atoms with Crippen molar-refractivity contribution in [1.29, 1.82) is 0 Å². The Labute approximate surface area is 136 Å². The topological polar surface area (TPSA) is 113 Å². The van der Waals surface area contributed by atoms with Gasteiger partial charge in [-0.1, -0.05) is 12.8 Å². The second-order valence-corrected chi connectivity index (χ2v) is 6.61. The number of primary amides is 1. The summed E-state index contributed by atoms with van der Waals surface area (Å²) < 4.78 is 0. The van der Waals surface area contributed by atoms with Gasteiger partial charge in [0.1, 0.15) is 5.82 Å². The first-order valence-electron chi connectivity index (χ1n) is 8.50. The van der Waals surface area contributed by atoms with Gasteiger partial charge < -0.3 is 21.5 Å². The molecule has 126 valence electrons. The predicted molar refractivity (Wildman–Crippen MR) is 88.3 cm³/mol. The highest BCUT2D eigenvalue weighted by molar-refractivity contribution is 5.97. The molecule has 0 radical (unpaired) electrons. The number of aromatic nitrogens is 2. The molecule has 2 fully saturated rings. The van der Waals surface area contributed by atoms with Crippen LogP contribution in [0.4, 0.5) is 11.8 Å². The van der Waals surface area contributed by atoms with E-state index in [4.69, 9.17) is 5.73 Å². The average Bonchev–Trinajstić information content (AvgIpc) is 2.67. The summed E-state index contributed by atoms with van der Waals surface area (Å²) in [6.07, 6.45) is 9.17. The summed E-state index contributed by atoms with van der Waals surface area (Å²) in [5, 5.41) is 16.5. The predicted octanol–water partition coefficient (Wildman–Crippen LogP) is 1.65. The molecule has 2 aliphatic rings. The normalized spacial score (nSPS) is 25.3. The number of nitrogens with zero attached hydrogens (tertiary/aromatic N) is 2. The first kappa shape index (κ1) is 16.0. The van der Waals surface area contributed by atoms with Crippen molar-refractivity contribution in [1.82, 2.24) is 9.97 Å². The molecule has 2 atom stereocenters. The van der Waals surface area contributed by atoms with Gasteiger partial charge in [0.2, 0.25) is 5.95 Å². The molecule has 1 aromatic heterocycles. The van der Waals surface area contributed by atoms with Crippen LogP contribution in [-0.4, -0.2) is 39.2 Å². The number of nitrogens with one attached hydrogen (secondary N) is 2. The summed E-state index contributed by atoms with van der Waals surface area (Å²) in [6, 6.07) is 0.513. The van der Waals surface area contributed by atoms with E-state index < -0.39 is 5.91 Å². The Hall–Kier alpha value is -1.89. The van der Waals surface area contributed by atoms with Gasteiger partial charge in [0.15, 0.2) is 0 Å². The SMILES string of the molecule is NC(=O)c1cnc(NC2CCC2)nc1N[C@@H]1CCCC[C@H](O)C1. The second-order valence-electron chi connectivity index (χ2n) is 6.61. The minimum atomic E-state index is -0.545. The average molecular weight is 319 g/mol. The fraction of sp³-hybridized carbons (Fsp3) is 0.688. The van der Waals surface area contributed by atoms with Crippen LogP contribution in [0.2, 0.25) is 0 Å². The van der Waals surface area contributed by atoms with E-state index in [-0.39, 0.29) is 12.1 Å². The largest absolute Gasteiger partial charge is 0.393 e. The van der Waals surface area contributed by atoms with Crippen LogP contribution >= 0.6 is 0 Å². The molecule has 7 nitrogen and oxygen atoms in total. The van der Waals surface area contributed by atoms with Gasteiger partial charge in [-0.25, -0.2) is 4.98 Å². The van der Waals surface area contributed by atoms with Crippen molar-refractivity contribution in [2.45, 2.75) is 69.6 Å². The third-order valence-electron chi connectivity index (χ3n) is 4.73. The first-order valence-corrected chi connectivity index (χ1v) is 8.50. The Morgan fingerprint density at radius 1 is 1.13 bits per heavy atom. The molecule has 2 saturated carbocycles. The second kappa shape index (κ2) is 7.12. The molecule has 1 aromatic rings. The zero-order valence-corrected chi connectivity index (χ0v) is 13.3. The summed E-state index contributed by atoms with van der Waals surface area (Å²) in [7, 11) is 0. The highest BCUT2D eigenvalue weighted by Gasteiger charge is 2.23. The molecule has 0 unspecified atom stereocenters. The highest BCUT2D eigenvalue weighted by Crippen LogP contribution is 2.25. The molecular weight excluding hydrogens is 294 g/mol. The smallest absolute Gasteiger partial charge is 0.254 e. The number of hydrogen-bond acceptors (Lipinski definition) is 6. The van der Waals surface area contributed by atoms with Gasteiger partial charge in [-0.3, -0.25) is 4.79 Å². The van der Waals surface area contributed by atoms with Crippen LogP contribution in [0.3, 0.4) is 0 Å². The summed E-state index contributed by atoms with van der Waals surface area (Å²) in [5.41, 5.74) is 5.73. The van der Waals surface area contributed by atoms with Crippen molar-refractivity contribution >= 4 is 17.7 Å². The van der Waals surface area contributed by atoms with Gasteiger partial charge in [0.25, 0.3) is 5.91 Å². The van der Waals surface area contributed by atoms with Crippen LogP contribution in [0.15, 0.2) is 6.20 Å². The third kappa shape index (κ3) is 4.10. The molecular formula is C16H25N5O2. The Balaban J connectivity index is 1.76. The van der Waals surface area contributed by atoms with Gasteiger partial charge in [-0.15, -0.1) is 0 Å². The Kier molecular flexibility index (Phi) is 4.95. The molecule has 0 saturated heterocycles. The van der Waals surface area contributed by atoms with Gasteiger partial charge in [0.05, 0.1) is 11.7 Å². The number of carbonyl (C=O) groups is 1. The number of aliphatic hydroxyl groups is 1. The summed E-state index contributed by atoms with van der Waals surface area (Å²) in [6.45, 7) is 0. The van der Waals surface area contributed by atoms with E-state index in [0.717, 1.165) is 38.5 Å². The van der Waals surface area contributed by atoms with E-state index in [0.29, 0.717) is 29.8 Å². The van der Waals surface area contributed by atoms with Crippen LogP contribution in [0.5, 0.6) is 0 Å². The number of anilines is 2. The van der Waals surface area contributed by atoms with Crippen molar-refractivity contribution in [2.24, 2.45) is 5.73 Å². The quantitative estimate of drug-likeness (QED) is 0.614. The maximum absolute atomic E-state index is 11.6. The molecule has 23 heavy (non-hydrogen) atoms. The number of carbonyl (C=O) groups excluding carboxylic acids is 1. The fourth-order valence-electron chi connectivity index (χ4n) is 3.14. The van der Waals surface area contributed by atoms with Crippen LogP contribution < -0.4 is 16.4 Å². The molecule has 1 heterocycles. The number of amides is 1. The molecule has 7 heteroatoms. The van der Waals surface area contributed by atoms with Crippen LogP contribution in [-0.2, 0) is 0 Å². The van der Waals surface area contributed by atoms with E-state index in [1.165, 1.54) is 12.6 Å². The Morgan fingerprint density at radius 3 is 2.57 bits per heavy atom. The van der Waals surface area contributed by atoms with Gasteiger partial charge >= 0.3 is 0 Å². The molecule has 2 aliphatic carbocycles. The van der Waals surface area contributed by atoms with E-state index in [1.807, 2.05) is 0 Å². The monoisotopic (exact) mass is 319 g/mol. The molecule has 0 bridgehead atoms. The molecule has 0 spiro atoms. The van der Waals surface area contributed by atoms with Crippen LogP contribution in [0.25, 0.3) is 0 Å². The van der Waals surface area contributed by atoms with Crippen molar-refractivity contribution < 1.29 is 9.90 Å². The lowest BCUT2D eigenvalue weighted by molar-refractivity contribution is 0.100. The lowest BCUT2D eigenvalue weighted by Crippen LogP contribution is -2.29. The Bertz CT molecular complexity index is 561. The van der Waals surface area contributed by atoms with Gasteiger partial charge in [0, 0.05) is 18.3 Å². The molecule has 3 rings (SSSR count). The highest BCUT2D eigenvalue weighted by atomic mass is 16.3. The minimum absolute atomic E-state index is 0.0945. The van der Waals surface area contributed by atoms with Gasteiger partial charge in [-0.05, 0) is 38.5 Å². The first-order chi connectivity index (χ1) is 11.1. The third-order valence-corrected chi connectivity index (χ3v) is 4.73.